The fourth-order valence-corrected chi connectivity index (χ4v) is 8.09. The van der Waals surface area contributed by atoms with Gasteiger partial charge in [0.1, 0.15) is 15.9 Å². The number of nitrogens with zero attached hydrogens (tertiary/aromatic N) is 1. The number of sulfone groups is 1. The summed E-state index contributed by atoms with van der Waals surface area (Å²) in [6.07, 6.45) is 4.84. The lowest BCUT2D eigenvalue weighted by Crippen LogP contribution is -2.09. The highest BCUT2D eigenvalue weighted by Crippen LogP contribution is 2.48. The van der Waals surface area contributed by atoms with Crippen LogP contribution in [0.15, 0.2) is 35.4 Å². The summed E-state index contributed by atoms with van der Waals surface area (Å²) in [6.45, 7) is 4.08. The number of carbonyl (C=O) groups is 1. The average molecular weight is 637 g/mol. The lowest BCUT2D eigenvalue weighted by molar-refractivity contribution is -0.137. The third kappa shape index (κ3) is 6.33. The van der Waals surface area contributed by atoms with Crippen LogP contribution in [-0.2, 0) is 21.1 Å². The lowest BCUT2D eigenvalue weighted by Gasteiger charge is -2.21. The molecule has 2 heterocycles. The van der Waals surface area contributed by atoms with Gasteiger partial charge in [-0.25, -0.2) is 13.4 Å². The van der Waals surface area contributed by atoms with Crippen molar-refractivity contribution in [1.29, 1.82) is 0 Å². The summed E-state index contributed by atoms with van der Waals surface area (Å²) in [5.41, 5.74) is 6.93. The number of aromatic nitrogens is 1. The smallest absolute Gasteiger partial charge is 0.303 e. The molecule has 1 aromatic heterocycles. The van der Waals surface area contributed by atoms with Crippen molar-refractivity contribution in [3.63, 3.8) is 0 Å². The third-order valence-electron chi connectivity index (χ3n) is 7.63. The second-order valence-corrected chi connectivity index (χ2v) is 14.7. The van der Waals surface area contributed by atoms with Gasteiger partial charge in [0.25, 0.3) is 0 Å². The zero-order chi connectivity index (χ0) is 29.5. The molecule has 7 nitrogen and oxygen atoms in total. The van der Waals surface area contributed by atoms with Crippen molar-refractivity contribution < 1.29 is 27.8 Å². The zero-order valence-corrected chi connectivity index (χ0v) is 26.1. The van der Waals surface area contributed by atoms with Gasteiger partial charge in [-0.05, 0) is 72.1 Å². The average Bonchev–Trinajstić information content (AvgIpc) is 3.50. The molecule has 0 amide bonds. The summed E-state index contributed by atoms with van der Waals surface area (Å²) in [5.74, 6) is 0.839. The minimum Gasteiger partial charge on any atom is -0.490 e. The Morgan fingerprint density at radius 1 is 1.17 bits per heavy atom. The number of aliphatic carboxylic acids is 1. The summed E-state index contributed by atoms with van der Waals surface area (Å²) in [4.78, 5) is 16.7. The van der Waals surface area contributed by atoms with E-state index < -0.39 is 15.8 Å². The molecule has 0 saturated heterocycles. The van der Waals surface area contributed by atoms with Gasteiger partial charge in [-0.1, -0.05) is 41.4 Å². The van der Waals surface area contributed by atoms with Crippen molar-refractivity contribution in [2.75, 3.05) is 24.4 Å². The molecule has 218 valence electrons. The zero-order valence-electron chi connectivity index (χ0n) is 23.0. The van der Waals surface area contributed by atoms with Crippen LogP contribution in [0.4, 0.5) is 0 Å². The van der Waals surface area contributed by atoms with Gasteiger partial charge in [-0.2, -0.15) is 0 Å². The Hall–Kier alpha value is -2.46. The summed E-state index contributed by atoms with van der Waals surface area (Å²) < 4.78 is 35.2. The van der Waals surface area contributed by atoms with E-state index in [0.29, 0.717) is 28.1 Å². The van der Waals surface area contributed by atoms with E-state index in [9.17, 15) is 18.3 Å². The maximum absolute atomic E-state index is 11.5. The topological polar surface area (TPSA) is 103 Å². The highest BCUT2D eigenvalue weighted by molar-refractivity contribution is 7.99. The van der Waals surface area contributed by atoms with Gasteiger partial charge in [-0.15, -0.1) is 11.8 Å². The highest BCUT2D eigenvalue weighted by Gasteiger charge is 2.31. The Bertz CT molecular complexity index is 1600. The molecule has 0 spiro atoms. The van der Waals surface area contributed by atoms with E-state index >= 15 is 0 Å². The molecule has 41 heavy (non-hydrogen) atoms. The van der Waals surface area contributed by atoms with Crippen LogP contribution < -0.4 is 9.47 Å². The van der Waals surface area contributed by atoms with Gasteiger partial charge < -0.3 is 14.6 Å². The number of hydrogen-bond donors (Lipinski definition) is 1. The van der Waals surface area contributed by atoms with Crippen LogP contribution in [0.3, 0.4) is 0 Å². The predicted octanol–water partition coefficient (Wildman–Crippen LogP) is 7.22. The van der Waals surface area contributed by atoms with Gasteiger partial charge in [0.2, 0.25) is 5.88 Å². The summed E-state index contributed by atoms with van der Waals surface area (Å²) >= 11 is 15.2. The van der Waals surface area contributed by atoms with Crippen molar-refractivity contribution in [1.82, 2.24) is 4.98 Å². The second-order valence-electron chi connectivity index (χ2n) is 10.6. The molecule has 1 aliphatic heterocycles. The number of pyridine rings is 1. The van der Waals surface area contributed by atoms with Gasteiger partial charge in [0.15, 0.2) is 5.75 Å². The monoisotopic (exact) mass is 635 g/mol. The Morgan fingerprint density at radius 2 is 1.90 bits per heavy atom. The maximum atomic E-state index is 11.5. The molecule has 0 bridgehead atoms. The number of thioether (sulfide) groups is 1. The molecular weight excluding hydrogens is 605 g/mol. The first kappa shape index (κ1) is 30.0. The van der Waals surface area contributed by atoms with E-state index in [4.69, 9.17) is 32.7 Å². The normalized spacial score (nSPS) is 17.8. The quantitative estimate of drug-likeness (QED) is 0.233. The van der Waals surface area contributed by atoms with E-state index in [1.54, 1.807) is 18.0 Å². The molecule has 2 aromatic carbocycles. The van der Waals surface area contributed by atoms with Crippen LogP contribution in [0, 0.1) is 13.8 Å². The predicted molar refractivity (Wildman–Crippen MR) is 163 cm³/mol. The molecule has 0 radical (unpaired) electrons. The van der Waals surface area contributed by atoms with E-state index in [0.717, 1.165) is 56.9 Å². The summed E-state index contributed by atoms with van der Waals surface area (Å²) in [6, 6.07) is 8.08. The standard InChI is InChI=1S/C30H31Cl2NO6S2/c1-16-27(17(2)29(32)30(28(16)31)38-10-5-11-41(3,36)37)21-7-4-6-20-19(21)8-9-23(20)39-25-13-24-22(14-33-25)18(15-40-24)12-26(34)35/h4,6-7,13-14,18,23H,5,8-12,15H2,1-3H3,(H,34,35). The van der Waals surface area contributed by atoms with Gasteiger partial charge in [0.05, 0.1) is 28.8 Å². The molecule has 5 rings (SSSR count). The summed E-state index contributed by atoms with van der Waals surface area (Å²) in [5, 5.41) is 10.0. The van der Waals surface area contributed by atoms with Crippen LogP contribution in [0.1, 0.15) is 59.1 Å². The molecule has 11 heteroatoms. The molecule has 2 unspecified atom stereocenters. The fourth-order valence-electron chi connectivity index (χ4n) is 5.67. The minimum atomic E-state index is -3.08. The molecule has 3 aromatic rings. The first-order chi connectivity index (χ1) is 19.4. The van der Waals surface area contributed by atoms with Crippen molar-refractivity contribution in [3.05, 3.63) is 68.3 Å². The number of hydrogen-bond acceptors (Lipinski definition) is 7. The first-order valence-corrected chi connectivity index (χ1v) is 17.2. The number of carboxylic acids is 1. The van der Waals surface area contributed by atoms with Gasteiger partial charge in [-0.3, -0.25) is 4.79 Å². The number of ether oxygens (including phenoxy) is 2. The molecule has 0 saturated carbocycles. The van der Waals surface area contributed by atoms with Gasteiger partial charge in [0, 0.05) is 35.1 Å². The van der Waals surface area contributed by atoms with E-state index in [2.05, 4.69) is 17.1 Å². The Labute approximate surface area is 254 Å². The molecule has 1 N–H and O–H groups in total. The third-order valence-corrected chi connectivity index (χ3v) is 10.8. The highest BCUT2D eigenvalue weighted by atomic mass is 35.5. The number of benzene rings is 2. The number of carboxylic acid groups (broad SMARTS) is 1. The van der Waals surface area contributed by atoms with Crippen molar-refractivity contribution in [2.45, 2.75) is 56.4 Å². The number of halogens is 2. The van der Waals surface area contributed by atoms with Crippen molar-refractivity contribution >= 4 is 50.8 Å². The van der Waals surface area contributed by atoms with Crippen LogP contribution >= 0.6 is 35.0 Å². The van der Waals surface area contributed by atoms with Crippen molar-refractivity contribution in [3.8, 4) is 22.8 Å². The van der Waals surface area contributed by atoms with Crippen molar-refractivity contribution in [2.24, 2.45) is 0 Å². The fraction of sp³-hybridized carbons (Fsp3) is 0.400. The van der Waals surface area contributed by atoms with E-state index in [1.807, 2.05) is 26.0 Å². The molecule has 0 fully saturated rings. The van der Waals surface area contributed by atoms with E-state index in [-0.39, 0.29) is 30.8 Å². The number of fused-ring (bicyclic) bond motifs is 2. The lowest BCUT2D eigenvalue weighted by atomic mass is 9.90. The molecule has 2 atom stereocenters. The van der Waals surface area contributed by atoms with Crippen LogP contribution in [-0.4, -0.2) is 48.8 Å². The Kier molecular flexibility index (Phi) is 8.81. The summed E-state index contributed by atoms with van der Waals surface area (Å²) in [7, 11) is -3.08. The largest absolute Gasteiger partial charge is 0.490 e. The van der Waals surface area contributed by atoms with Gasteiger partial charge >= 0.3 is 5.97 Å². The van der Waals surface area contributed by atoms with Crippen LogP contribution in [0.25, 0.3) is 11.1 Å². The molecular formula is C30H31Cl2NO6S2. The Balaban J connectivity index is 1.39. The first-order valence-electron chi connectivity index (χ1n) is 13.4. The second kappa shape index (κ2) is 12.0. The maximum Gasteiger partial charge on any atom is 0.303 e. The molecule has 2 aliphatic rings. The Morgan fingerprint density at radius 3 is 2.59 bits per heavy atom. The van der Waals surface area contributed by atoms with Crippen LogP contribution in [0.5, 0.6) is 11.6 Å². The van der Waals surface area contributed by atoms with E-state index in [1.165, 1.54) is 11.8 Å². The molecule has 1 aliphatic carbocycles. The van der Waals surface area contributed by atoms with Crippen LogP contribution in [0.2, 0.25) is 10.0 Å². The number of rotatable bonds is 10. The SMILES string of the molecule is Cc1c(Cl)c(OCCCS(C)(=O)=O)c(Cl)c(C)c1-c1cccc2c1CCC2Oc1cc2c(cn1)C(CC(=O)O)CS2. The minimum absolute atomic E-state index is 0.0294.